The van der Waals surface area contributed by atoms with E-state index in [2.05, 4.69) is 45.5 Å². The van der Waals surface area contributed by atoms with E-state index in [0.29, 0.717) is 12.3 Å². The van der Waals surface area contributed by atoms with Crippen molar-refractivity contribution in [2.24, 2.45) is 5.92 Å². The Labute approximate surface area is 122 Å². The summed E-state index contributed by atoms with van der Waals surface area (Å²) < 4.78 is 1.08. The van der Waals surface area contributed by atoms with Gasteiger partial charge in [0.25, 0.3) is 0 Å². The number of hydrogen-bond donors (Lipinski definition) is 1. The number of allylic oxidation sites excluding steroid dienone is 2. The molecular formula is C16H18BrNO. The number of amides is 1. The first kappa shape index (κ1) is 12.9. The summed E-state index contributed by atoms with van der Waals surface area (Å²) in [7, 11) is 0. The number of benzene rings is 1. The maximum absolute atomic E-state index is 12.1. The summed E-state index contributed by atoms with van der Waals surface area (Å²) in [5, 5.41) is 3.24. The lowest BCUT2D eigenvalue weighted by atomic mass is 10.0. The van der Waals surface area contributed by atoms with Crippen molar-refractivity contribution < 1.29 is 4.79 Å². The molecule has 0 spiro atoms. The van der Waals surface area contributed by atoms with Crippen molar-refractivity contribution in [1.82, 2.24) is 5.32 Å². The maximum atomic E-state index is 12.1. The number of halogens is 1. The van der Waals surface area contributed by atoms with E-state index in [1.54, 1.807) is 0 Å². The Morgan fingerprint density at radius 3 is 2.63 bits per heavy atom. The standard InChI is InChI=1S/C16H18BrNO/c17-14-7-5-13(6-8-14)16(9-10-16)18-15(19)11-12-3-1-2-4-12/h1,3,5-8,12H,2,4,9-11H2,(H,18,19)/t12-/m1/s1. The number of nitrogens with one attached hydrogen (secondary N) is 1. The molecule has 1 saturated carbocycles. The normalized spacial score (nSPS) is 23.3. The first-order valence-corrected chi connectivity index (χ1v) is 7.71. The topological polar surface area (TPSA) is 29.1 Å². The molecule has 0 heterocycles. The van der Waals surface area contributed by atoms with Crippen molar-refractivity contribution >= 4 is 21.8 Å². The van der Waals surface area contributed by atoms with Crippen molar-refractivity contribution in [2.45, 2.75) is 37.6 Å². The van der Waals surface area contributed by atoms with Gasteiger partial charge in [-0.05, 0) is 49.3 Å². The fourth-order valence-corrected chi connectivity index (χ4v) is 3.07. The Morgan fingerprint density at radius 1 is 1.32 bits per heavy atom. The lowest BCUT2D eigenvalue weighted by molar-refractivity contribution is -0.122. The summed E-state index contributed by atoms with van der Waals surface area (Å²) in [5.74, 6) is 0.637. The van der Waals surface area contributed by atoms with Gasteiger partial charge in [0.2, 0.25) is 5.91 Å². The van der Waals surface area contributed by atoms with E-state index in [4.69, 9.17) is 0 Å². The molecule has 19 heavy (non-hydrogen) atoms. The van der Waals surface area contributed by atoms with E-state index in [1.807, 2.05) is 12.1 Å². The predicted octanol–water partition coefficient (Wildman–Crippen LogP) is 3.91. The number of hydrogen-bond acceptors (Lipinski definition) is 1. The second-order valence-electron chi connectivity index (χ2n) is 5.61. The molecule has 1 fully saturated rings. The molecule has 1 amide bonds. The predicted molar refractivity (Wildman–Crippen MR) is 79.7 cm³/mol. The van der Waals surface area contributed by atoms with Crippen molar-refractivity contribution in [3.8, 4) is 0 Å². The van der Waals surface area contributed by atoms with Gasteiger partial charge >= 0.3 is 0 Å². The molecule has 1 atom stereocenters. The smallest absolute Gasteiger partial charge is 0.221 e. The Bertz CT molecular complexity index is 502. The van der Waals surface area contributed by atoms with Crippen molar-refractivity contribution in [2.75, 3.05) is 0 Å². The molecule has 3 heteroatoms. The van der Waals surface area contributed by atoms with Crippen LogP contribution in [0.3, 0.4) is 0 Å². The molecular weight excluding hydrogens is 302 g/mol. The molecule has 0 saturated heterocycles. The van der Waals surface area contributed by atoms with Gasteiger partial charge in [-0.2, -0.15) is 0 Å². The average Bonchev–Trinajstić information content (AvgIpc) is 2.98. The second kappa shape index (κ2) is 5.12. The van der Waals surface area contributed by atoms with Gasteiger partial charge in [-0.15, -0.1) is 0 Å². The van der Waals surface area contributed by atoms with Gasteiger partial charge in [-0.1, -0.05) is 40.2 Å². The highest BCUT2D eigenvalue weighted by atomic mass is 79.9. The third-order valence-electron chi connectivity index (χ3n) is 4.09. The monoisotopic (exact) mass is 319 g/mol. The summed E-state index contributed by atoms with van der Waals surface area (Å²) in [5.41, 5.74) is 1.14. The third kappa shape index (κ3) is 2.92. The maximum Gasteiger partial charge on any atom is 0.221 e. The van der Waals surface area contributed by atoms with Crippen molar-refractivity contribution in [3.05, 3.63) is 46.5 Å². The molecule has 1 aromatic carbocycles. The quantitative estimate of drug-likeness (QED) is 0.837. The Kier molecular flexibility index (Phi) is 3.48. The van der Waals surface area contributed by atoms with Gasteiger partial charge in [-0.25, -0.2) is 0 Å². The summed E-state index contributed by atoms with van der Waals surface area (Å²) in [6.45, 7) is 0. The van der Waals surface area contributed by atoms with E-state index < -0.39 is 0 Å². The summed E-state index contributed by atoms with van der Waals surface area (Å²) >= 11 is 3.45. The van der Waals surface area contributed by atoms with Crippen LogP contribution in [0, 0.1) is 5.92 Å². The first-order valence-electron chi connectivity index (χ1n) is 6.92. The number of carbonyl (C=O) groups is 1. The van der Waals surface area contributed by atoms with E-state index in [9.17, 15) is 4.79 Å². The average molecular weight is 320 g/mol. The number of rotatable bonds is 4. The minimum atomic E-state index is -0.0832. The lowest BCUT2D eigenvalue weighted by Crippen LogP contribution is -2.35. The Hall–Kier alpha value is -1.09. The molecule has 0 radical (unpaired) electrons. The van der Waals surface area contributed by atoms with E-state index in [0.717, 1.165) is 30.2 Å². The van der Waals surface area contributed by atoms with Gasteiger partial charge in [0.1, 0.15) is 0 Å². The van der Waals surface area contributed by atoms with Crippen LogP contribution in [0.25, 0.3) is 0 Å². The van der Waals surface area contributed by atoms with Gasteiger partial charge in [-0.3, -0.25) is 4.79 Å². The summed E-state index contributed by atoms with van der Waals surface area (Å²) in [6.07, 6.45) is 9.35. The Balaban J connectivity index is 1.63. The zero-order valence-electron chi connectivity index (χ0n) is 10.9. The minimum Gasteiger partial charge on any atom is -0.347 e. The van der Waals surface area contributed by atoms with Crippen molar-refractivity contribution in [1.29, 1.82) is 0 Å². The SMILES string of the molecule is O=C(C[C@@H]1C=CCC1)NC1(c2ccc(Br)cc2)CC1. The van der Waals surface area contributed by atoms with Crippen LogP contribution in [0.5, 0.6) is 0 Å². The molecule has 1 N–H and O–H groups in total. The van der Waals surface area contributed by atoms with Crippen LogP contribution in [0.4, 0.5) is 0 Å². The fraction of sp³-hybridized carbons (Fsp3) is 0.438. The zero-order valence-corrected chi connectivity index (χ0v) is 12.4. The minimum absolute atomic E-state index is 0.0832. The molecule has 2 nitrogen and oxygen atoms in total. The highest BCUT2D eigenvalue weighted by Crippen LogP contribution is 2.45. The molecule has 2 aliphatic carbocycles. The lowest BCUT2D eigenvalue weighted by Gasteiger charge is -2.19. The molecule has 0 aliphatic heterocycles. The van der Waals surface area contributed by atoms with Gasteiger partial charge < -0.3 is 5.32 Å². The summed E-state index contributed by atoms with van der Waals surface area (Å²) in [6, 6.07) is 8.29. The highest BCUT2D eigenvalue weighted by Gasteiger charge is 2.45. The first-order chi connectivity index (χ1) is 9.18. The fourth-order valence-electron chi connectivity index (χ4n) is 2.80. The zero-order chi connectivity index (χ0) is 13.3. The van der Waals surface area contributed by atoms with Gasteiger partial charge in [0.15, 0.2) is 0 Å². The van der Waals surface area contributed by atoms with E-state index in [-0.39, 0.29) is 11.4 Å². The molecule has 3 rings (SSSR count). The third-order valence-corrected chi connectivity index (χ3v) is 4.61. The molecule has 0 bridgehead atoms. The van der Waals surface area contributed by atoms with Crippen molar-refractivity contribution in [3.63, 3.8) is 0 Å². The largest absolute Gasteiger partial charge is 0.347 e. The van der Waals surface area contributed by atoms with Crippen LogP contribution in [0.15, 0.2) is 40.9 Å². The highest BCUT2D eigenvalue weighted by molar-refractivity contribution is 9.10. The van der Waals surface area contributed by atoms with Crippen LogP contribution in [0.1, 0.15) is 37.7 Å². The van der Waals surface area contributed by atoms with Crippen LogP contribution in [-0.2, 0) is 10.3 Å². The molecule has 100 valence electrons. The van der Waals surface area contributed by atoms with E-state index >= 15 is 0 Å². The van der Waals surface area contributed by atoms with E-state index in [1.165, 1.54) is 5.56 Å². The molecule has 0 unspecified atom stereocenters. The number of carbonyl (C=O) groups excluding carboxylic acids is 1. The van der Waals surface area contributed by atoms with Crippen LogP contribution in [-0.4, -0.2) is 5.91 Å². The summed E-state index contributed by atoms with van der Waals surface area (Å²) in [4.78, 5) is 12.1. The molecule has 0 aromatic heterocycles. The van der Waals surface area contributed by atoms with Gasteiger partial charge in [0.05, 0.1) is 5.54 Å². The molecule has 1 aromatic rings. The second-order valence-corrected chi connectivity index (χ2v) is 6.52. The van der Waals surface area contributed by atoms with Crippen LogP contribution < -0.4 is 5.32 Å². The van der Waals surface area contributed by atoms with Crippen LogP contribution >= 0.6 is 15.9 Å². The van der Waals surface area contributed by atoms with Crippen LogP contribution in [0.2, 0.25) is 0 Å². The Morgan fingerprint density at radius 2 is 2.05 bits per heavy atom. The van der Waals surface area contributed by atoms with Gasteiger partial charge in [0, 0.05) is 10.9 Å². The molecule has 2 aliphatic rings.